The van der Waals surface area contributed by atoms with E-state index in [0.29, 0.717) is 11.6 Å². The molecule has 0 aliphatic carbocycles. The van der Waals surface area contributed by atoms with Crippen molar-refractivity contribution in [2.45, 2.75) is 13.0 Å². The minimum Gasteiger partial charge on any atom is -0.496 e. The summed E-state index contributed by atoms with van der Waals surface area (Å²) in [6.07, 6.45) is 0. The summed E-state index contributed by atoms with van der Waals surface area (Å²) in [4.78, 5) is 14.8. The van der Waals surface area contributed by atoms with Crippen LogP contribution >= 0.6 is 11.6 Å². The van der Waals surface area contributed by atoms with Crippen LogP contribution in [0.15, 0.2) is 42.5 Å². The van der Waals surface area contributed by atoms with E-state index in [0.717, 1.165) is 42.2 Å². The Morgan fingerprint density at radius 3 is 2.92 bits per heavy atom. The van der Waals surface area contributed by atoms with Gasteiger partial charge in [-0.3, -0.25) is 9.69 Å². The second-order valence-corrected chi connectivity index (χ2v) is 6.80. The van der Waals surface area contributed by atoms with Crippen LogP contribution in [0.3, 0.4) is 0 Å². The molecule has 0 radical (unpaired) electrons. The summed E-state index contributed by atoms with van der Waals surface area (Å²) >= 11 is 6.14. The molecule has 2 aromatic carbocycles. The largest absolute Gasteiger partial charge is 0.496 e. The fraction of sp³-hybridized carbons (Fsp3) is 0.350. The van der Waals surface area contributed by atoms with Gasteiger partial charge in [-0.2, -0.15) is 0 Å². The topological polar surface area (TPSA) is 53.6 Å². The number of carbonyl (C=O) groups is 1. The standard InChI is InChI=1S/C20H24ClN3O2/c1-14-16(21)7-5-8-17(14)23-20(25)13-24-11-10-22-12-18(24)15-6-3-4-9-19(15)26-2/h3-9,18,22H,10-13H2,1-2H3,(H,23,25). The highest BCUT2D eigenvalue weighted by Gasteiger charge is 2.27. The molecule has 1 saturated heterocycles. The average Bonchev–Trinajstić information content (AvgIpc) is 2.66. The predicted molar refractivity (Wildman–Crippen MR) is 105 cm³/mol. The van der Waals surface area contributed by atoms with Crippen molar-refractivity contribution in [3.63, 3.8) is 0 Å². The predicted octanol–water partition coefficient (Wildman–Crippen LogP) is 3.24. The number of rotatable bonds is 5. The number of para-hydroxylation sites is 1. The number of amides is 1. The number of hydrogen-bond acceptors (Lipinski definition) is 4. The third kappa shape index (κ3) is 4.18. The zero-order chi connectivity index (χ0) is 18.5. The first-order chi connectivity index (χ1) is 12.6. The van der Waals surface area contributed by atoms with Gasteiger partial charge >= 0.3 is 0 Å². The molecule has 1 amide bonds. The van der Waals surface area contributed by atoms with E-state index < -0.39 is 0 Å². The maximum Gasteiger partial charge on any atom is 0.238 e. The third-order valence-corrected chi connectivity index (χ3v) is 5.15. The summed E-state index contributed by atoms with van der Waals surface area (Å²) in [6.45, 7) is 4.65. The van der Waals surface area contributed by atoms with Crippen LogP contribution in [0, 0.1) is 6.92 Å². The Hall–Kier alpha value is -2.08. The molecular weight excluding hydrogens is 350 g/mol. The number of halogens is 1. The van der Waals surface area contributed by atoms with E-state index in [2.05, 4.69) is 21.6 Å². The number of carbonyl (C=O) groups excluding carboxylic acids is 1. The number of nitrogens with one attached hydrogen (secondary N) is 2. The van der Waals surface area contributed by atoms with Crippen molar-refractivity contribution in [3.8, 4) is 5.75 Å². The fourth-order valence-electron chi connectivity index (χ4n) is 3.30. The van der Waals surface area contributed by atoms with E-state index in [1.807, 2.05) is 43.3 Å². The number of anilines is 1. The van der Waals surface area contributed by atoms with Gasteiger partial charge in [0, 0.05) is 35.9 Å². The molecule has 1 atom stereocenters. The lowest BCUT2D eigenvalue weighted by Gasteiger charge is -2.36. The summed E-state index contributed by atoms with van der Waals surface area (Å²) in [5.41, 5.74) is 2.73. The van der Waals surface area contributed by atoms with Crippen LogP contribution in [0.4, 0.5) is 5.69 Å². The van der Waals surface area contributed by atoms with Gasteiger partial charge in [0.2, 0.25) is 5.91 Å². The Morgan fingerprint density at radius 1 is 1.31 bits per heavy atom. The third-order valence-electron chi connectivity index (χ3n) is 4.74. The first kappa shape index (κ1) is 18.7. The van der Waals surface area contributed by atoms with E-state index >= 15 is 0 Å². The molecule has 26 heavy (non-hydrogen) atoms. The number of benzene rings is 2. The molecule has 1 aliphatic heterocycles. The molecule has 2 aromatic rings. The summed E-state index contributed by atoms with van der Waals surface area (Å²) in [5.74, 6) is 0.800. The molecule has 0 aromatic heterocycles. The Labute approximate surface area is 159 Å². The van der Waals surface area contributed by atoms with Gasteiger partial charge in [-0.15, -0.1) is 0 Å². The molecule has 5 nitrogen and oxygen atoms in total. The first-order valence-corrected chi connectivity index (χ1v) is 9.10. The van der Waals surface area contributed by atoms with Crippen LogP contribution in [-0.2, 0) is 4.79 Å². The van der Waals surface area contributed by atoms with Crippen molar-refractivity contribution in [2.75, 3.05) is 38.6 Å². The van der Waals surface area contributed by atoms with Gasteiger partial charge in [0.05, 0.1) is 19.7 Å². The Balaban J connectivity index is 1.74. The van der Waals surface area contributed by atoms with Gasteiger partial charge < -0.3 is 15.4 Å². The maximum absolute atomic E-state index is 12.6. The lowest BCUT2D eigenvalue weighted by Crippen LogP contribution is -2.48. The van der Waals surface area contributed by atoms with Crippen molar-refractivity contribution in [1.29, 1.82) is 0 Å². The minimum atomic E-state index is -0.0443. The lowest BCUT2D eigenvalue weighted by molar-refractivity contribution is -0.118. The smallest absolute Gasteiger partial charge is 0.238 e. The van der Waals surface area contributed by atoms with Crippen LogP contribution in [-0.4, -0.2) is 44.1 Å². The lowest BCUT2D eigenvalue weighted by atomic mass is 10.0. The molecule has 3 rings (SSSR count). The zero-order valence-corrected chi connectivity index (χ0v) is 15.8. The molecule has 1 fully saturated rings. The molecule has 138 valence electrons. The zero-order valence-electron chi connectivity index (χ0n) is 15.1. The second kappa shape index (κ2) is 8.54. The number of piperazine rings is 1. The second-order valence-electron chi connectivity index (χ2n) is 6.39. The number of hydrogen-bond donors (Lipinski definition) is 2. The first-order valence-electron chi connectivity index (χ1n) is 8.73. The van der Waals surface area contributed by atoms with Crippen molar-refractivity contribution < 1.29 is 9.53 Å². The number of ether oxygens (including phenoxy) is 1. The highest BCUT2D eigenvalue weighted by molar-refractivity contribution is 6.31. The molecule has 6 heteroatoms. The van der Waals surface area contributed by atoms with E-state index in [4.69, 9.17) is 16.3 Å². The average molecular weight is 374 g/mol. The minimum absolute atomic E-state index is 0.0443. The summed E-state index contributed by atoms with van der Waals surface area (Å²) in [7, 11) is 1.67. The van der Waals surface area contributed by atoms with Crippen LogP contribution in [0.2, 0.25) is 5.02 Å². The van der Waals surface area contributed by atoms with E-state index in [1.165, 1.54) is 0 Å². The Morgan fingerprint density at radius 2 is 2.12 bits per heavy atom. The Bertz CT molecular complexity index is 781. The molecule has 0 saturated carbocycles. The van der Waals surface area contributed by atoms with Crippen LogP contribution < -0.4 is 15.4 Å². The van der Waals surface area contributed by atoms with Crippen LogP contribution in [0.1, 0.15) is 17.2 Å². The van der Waals surface area contributed by atoms with E-state index in [9.17, 15) is 4.79 Å². The van der Waals surface area contributed by atoms with Crippen LogP contribution in [0.5, 0.6) is 5.75 Å². The van der Waals surface area contributed by atoms with E-state index in [1.54, 1.807) is 7.11 Å². The van der Waals surface area contributed by atoms with Crippen molar-refractivity contribution in [3.05, 3.63) is 58.6 Å². The molecule has 1 unspecified atom stereocenters. The highest BCUT2D eigenvalue weighted by atomic mass is 35.5. The van der Waals surface area contributed by atoms with Crippen molar-refractivity contribution in [1.82, 2.24) is 10.2 Å². The summed E-state index contributed by atoms with van der Waals surface area (Å²) in [5, 5.41) is 7.04. The van der Waals surface area contributed by atoms with Gasteiger partial charge in [0.25, 0.3) is 0 Å². The SMILES string of the molecule is COc1ccccc1C1CNCCN1CC(=O)Nc1cccc(Cl)c1C. The van der Waals surface area contributed by atoms with Gasteiger partial charge in [0.1, 0.15) is 5.75 Å². The fourth-order valence-corrected chi connectivity index (χ4v) is 3.48. The highest BCUT2D eigenvalue weighted by Crippen LogP contribution is 2.30. The summed E-state index contributed by atoms with van der Waals surface area (Å²) < 4.78 is 5.51. The van der Waals surface area contributed by atoms with Crippen LogP contribution in [0.25, 0.3) is 0 Å². The van der Waals surface area contributed by atoms with Crippen molar-refractivity contribution >= 4 is 23.2 Å². The number of methoxy groups -OCH3 is 1. The Kier molecular flexibility index (Phi) is 6.14. The molecule has 2 N–H and O–H groups in total. The summed E-state index contributed by atoms with van der Waals surface area (Å²) in [6, 6.07) is 13.6. The number of nitrogens with zero attached hydrogens (tertiary/aromatic N) is 1. The molecule has 0 bridgehead atoms. The van der Waals surface area contributed by atoms with E-state index in [-0.39, 0.29) is 11.9 Å². The van der Waals surface area contributed by atoms with Gasteiger partial charge in [-0.1, -0.05) is 35.9 Å². The maximum atomic E-state index is 12.6. The normalized spacial score (nSPS) is 17.7. The van der Waals surface area contributed by atoms with Gasteiger partial charge in [-0.05, 0) is 30.7 Å². The van der Waals surface area contributed by atoms with Gasteiger partial charge in [-0.25, -0.2) is 0 Å². The quantitative estimate of drug-likeness (QED) is 0.844. The molecular formula is C20H24ClN3O2. The molecule has 0 spiro atoms. The van der Waals surface area contributed by atoms with Crippen molar-refractivity contribution in [2.24, 2.45) is 0 Å². The van der Waals surface area contributed by atoms with Gasteiger partial charge in [0.15, 0.2) is 0 Å². The molecule has 1 aliphatic rings. The monoisotopic (exact) mass is 373 g/mol. The molecule has 1 heterocycles.